The van der Waals surface area contributed by atoms with Crippen LogP contribution in [0, 0.1) is 6.92 Å². The Morgan fingerprint density at radius 2 is 1.70 bits per heavy atom. The van der Waals surface area contributed by atoms with Gasteiger partial charge in [-0.05, 0) is 30.2 Å². The summed E-state index contributed by atoms with van der Waals surface area (Å²) in [7, 11) is 1.64. The number of carbonyl (C=O) groups excluding carboxylic acids is 1. The minimum Gasteiger partial charge on any atom is -0.355 e. The third-order valence-corrected chi connectivity index (χ3v) is 3.18. The van der Waals surface area contributed by atoms with E-state index in [-0.39, 0.29) is 5.91 Å². The van der Waals surface area contributed by atoms with Gasteiger partial charge in [-0.15, -0.1) is 0 Å². The number of carbonyl (C=O) groups is 1. The predicted molar refractivity (Wildman–Crippen MR) is 81.6 cm³/mol. The summed E-state index contributed by atoms with van der Waals surface area (Å²) >= 11 is 0. The van der Waals surface area contributed by atoms with E-state index in [1.165, 1.54) is 16.7 Å². The van der Waals surface area contributed by atoms with Crippen LogP contribution in [0.3, 0.4) is 0 Å². The molecule has 104 valence electrons. The molecule has 0 radical (unpaired) electrons. The molecule has 0 aliphatic rings. The highest BCUT2D eigenvalue weighted by Gasteiger charge is 2.02. The lowest BCUT2D eigenvalue weighted by atomic mass is 10.1. The van der Waals surface area contributed by atoms with Gasteiger partial charge >= 0.3 is 0 Å². The van der Waals surface area contributed by atoms with E-state index in [1.807, 2.05) is 24.3 Å². The molecule has 3 heteroatoms. The normalized spacial score (nSPS) is 10.3. The van der Waals surface area contributed by atoms with Crippen LogP contribution in [0.5, 0.6) is 0 Å². The molecule has 0 bridgehead atoms. The maximum absolute atomic E-state index is 11.4. The van der Waals surface area contributed by atoms with E-state index in [0.717, 1.165) is 13.1 Å². The number of rotatable bonds is 5. The molecule has 0 aromatic heterocycles. The first-order valence-electron chi connectivity index (χ1n) is 6.76. The average molecular weight is 268 g/mol. The second-order valence-electron chi connectivity index (χ2n) is 4.87. The monoisotopic (exact) mass is 268 g/mol. The Labute approximate surface area is 120 Å². The second-order valence-corrected chi connectivity index (χ2v) is 4.87. The maximum atomic E-state index is 11.4. The molecule has 2 rings (SSSR count). The van der Waals surface area contributed by atoms with Crippen molar-refractivity contribution in [2.75, 3.05) is 7.05 Å². The van der Waals surface area contributed by atoms with E-state index in [4.69, 9.17) is 0 Å². The third-order valence-electron chi connectivity index (χ3n) is 3.18. The lowest BCUT2D eigenvalue weighted by Crippen LogP contribution is -2.18. The summed E-state index contributed by atoms with van der Waals surface area (Å²) in [5.41, 5.74) is 4.42. The molecule has 1 amide bonds. The molecule has 0 atom stereocenters. The van der Waals surface area contributed by atoms with Gasteiger partial charge in [0, 0.05) is 25.7 Å². The van der Waals surface area contributed by atoms with Crippen LogP contribution in [0.2, 0.25) is 0 Å². The molecule has 0 saturated heterocycles. The van der Waals surface area contributed by atoms with Crippen molar-refractivity contribution in [1.29, 1.82) is 0 Å². The van der Waals surface area contributed by atoms with E-state index in [1.54, 1.807) is 7.05 Å². The van der Waals surface area contributed by atoms with E-state index >= 15 is 0 Å². The lowest BCUT2D eigenvalue weighted by Gasteiger charge is -2.07. The highest BCUT2D eigenvalue weighted by molar-refractivity contribution is 5.93. The summed E-state index contributed by atoms with van der Waals surface area (Å²) in [6.07, 6.45) is 0. The predicted octanol–water partition coefficient (Wildman–Crippen LogP) is 2.64. The van der Waals surface area contributed by atoms with Crippen molar-refractivity contribution < 1.29 is 4.79 Å². The first-order chi connectivity index (χ1) is 9.69. The molecular weight excluding hydrogens is 248 g/mol. The van der Waals surface area contributed by atoms with E-state index < -0.39 is 0 Å². The van der Waals surface area contributed by atoms with Crippen molar-refractivity contribution in [2.45, 2.75) is 20.0 Å². The Kier molecular flexibility index (Phi) is 4.91. The van der Waals surface area contributed by atoms with Crippen molar-refractivity contribution in [3.8, 4) is 0 Å². The van der Waals surface area contributed by atoms with E-state index in [2.05, 4.69) is 41.8 Å². The molecule has 2 aromatic rings. The fourth-order valence-electron chi connectivity index (χ4n) is 2.09. The summed E-state index contributed by atoms with van der Waals surface area (Å²) in [4.78, 5) is 11.4. The quantitative estimate of drug-likeness (QED) is 0.875. The Morgan fingerprint density at radius 3 is 2.35 bits per heavy atom. The van der Waals surface area contributed by atoms with Crippen molar-refractivity contribution >= 4 is 5.91 Å². The van der Waals surface area contributed by atoms with E-state index in [0.29, 0.717) is 5.56 Å². The zero-order chi connectivity index (χ0) is 14.4. The first kappa shape index (κ1) is 14.3. The van der Waals surface area contributed by atoms with Crippen LogP contribution in [-0.4, -0.2) is 13.0 Å². The van der Waals surface area contributed by atoms with Crippen LogP contribution in [-0.2, 0) is 13.1 Å². The van der Waals surface area contributed by atoms with Crippen LogP contribution in [0.25, 0.3) is 0 Å². The molecule has 3 nitrogen and oxygen atoms in total. The zero-order valence-corrected chi connectivity index (χ0v) is 11.9. The smallest absolute Gasteiger partial charge is 0.251 e. The van der Waals surface area contributed by atoms with E-state index in [9.17, 15) is 4.79 Å². The first-order valence-corrected chi connectivity index (χ1v) is 6.76. The maximum Gasteiger partial charge on any atom is 0.251 e. The number of aryl methyl sites for hydroxylation is 1. The minimum atomic E-state index is -0.0516. The summed E-state index contributed by atoms with van der Waals surface area (Å²) < 4.78 is 0. The largest absolute Gasteiger partial charge is 0.355 e. The molecule has 0 aliphatic heterocycles. The SMILES string of the molecule is CNC(=O)c1ccc(CNCc2cccc(C)c2)cc1. The summed E-state index contributed by atoms with van der Waals surface area (Å²) in [6.45, 7) is 3.74. The highest BCUT2D eigenvalue weighted by Crippen LogP contribution is 2.06. The van der Waals surface area contributed by atoms with Gasteiger partial charge in [0.15, 0.2) is 0 Å². The average Bonchev–Trinajstić information content (AvgIpc) is 2.47. The number of benzene rings is 2. The number of hydrogen-bond donors (Lipinski definition) is 2. The Bertz CT molecular complexity index is 576. The van der Waals surface area contributed by atoms with Gasteiger partial charge in [-0.1, -0.05) is 42.0 Å². The van der Waals surface area contributed by atoms with Gasteiger partial charge in [-0.2, -0.15) is 0 Å². The van der Waals surface area contributed by atoms with Gasteiger partial charge in [-0.3, -0.25) is 4.79 Å². The molecule has 0 aliphatic carbocycles. The standard InChI is InChI=1S/C17H20N2O/c1-13-4-3-5-15(10-13)12-19-11-14-6-8-16(9-7-14)17(20)18-2/h3-10,19H,11-12H2,1-2H3,(H,18,20). The minimum absolute atomic E-state index is 0.0516. The van der Waals surface area contributed by atoms with Gasteiger partial charge in [0.1, 0.15) is 0 Å². The molecule has 0 heterocycles. The van der Waals surface area contributed by atoms with Gasteiger partial charge in [0.25, 0.3) is 5.91 Å². The summed E-state index contributed by atoms with van der Waals surface area (Å²) in [6, 6.07) is 16.1. The van der Waals surface area contributed by atoms with Gasteiger partial charge in [-0.25, -0.2) is 0 Å². The van der Waals surface area contributed by atoms with Crippen LogP contribution in [0.4, 0.5) is 0 Å². The van der Waals surface area contributed by atoms with Crippen LogP contribution in [0.1, 0.15) is 27.0 Å². The zero-order valence-electron chi connectivity index (χ0n) is 11.9. The molecule has 0 saturated carbocycles. The molecule has 0 unspecified atom stereocenters. The summed E-state index contributed by atoms with van der Waals surface area (Å²) in [5, 5.41) is 6.02. The molecule has 2 N–H and O–H groups in total. The number of nitrogens with one attached hydrogen (secondary N) is 2. The Hall–Kier alpha value is -2.13. The van der Waals surface area contributed by atoms with Crippen molar-refractivity contribution in [3.63, 3.8) is 0 Å². The van der Waals surface area contributed by atoms with Crippen molar-refractivity contribution in [2.24, 2.45) is 0 Å². The Balaban J connectivity index is 1.86. The second kappa shape index (κ2) is 6.87. The van der Waals surface area contributed by atoms with Crippen molar-refractivity contribution in [3.05, 3.63) is 70.8 Å². The lowest BCUT2D eigenvalue weighted by molar-refractivity contribution is 0.0963. The van der Waals surface area contributed by atoms with Crippen molar-refractivity contribution in [1.82, 2.24) is 10.6 Å². The number of amides is 1. The molecule has 20 heavy (non-hydrogen) atoms. The summed E-state index contributed by atoms with van der Waals surface area (Å²) in [5.74, 6) is -0.0516. The molecule has 0 spiro atoms. The Morgan fingerprint density at radius 1 is 1.00 bits per heavy atom. The highest BCUT2D eigenvalue weighted by atomic mass is 16.1. The fourth-order valence-corrected chi connectivity index (χ4v) is 2.09. The van der Waals surface area contributed by atoms with Crippen LogP contribution in [0.15, 0.2) is 48.5 Å². The molecule has 2 aromatic carbocycles. The van der Waals surface area contributed by atoms with Gasteiger partial charge < -0.3 is 10.6 Å². The van der Waals surface area contributed by atoms with Crippen LogP contribution < -0.4 is 10.6 Å². The number of hydrogen-bond acceptors (Lipinski definition) is 2. The van der Waals surface area contributed by atoms with Gasteiger partial charge in [0.05, 0.1) is 0 Å². The fraction of sp³-hybridized carbons (Fsp3) is 0.235. The topological polar surface area (TPSA) is 41.1 Å². The van der Waals surface area contributed by atoms with Gasteiger partial charge in [0.2, 0.25) is 0 Å². The molecule has 0 fully saturated rings. The van der Waals surface area contributed by atoms with Crippen LogP contribution >= 0.6 is 0 Å². The third kappa shape index (κ3) is 3.93. The molecular formula is C17H20N2O.